The van der Waals surface area contributed by atoms with Crippen LogP contribution in [0.3, 0.4) is 0 Å². The summed E-state index contributed by atoms with van der Waals surface area (Å²) in [5, 5.41) is 3.43. The second-order valence-corrected chi connectivity index (χ2v) is 11.5. The molecule has 0 bridgehead atoms. The van der Waals surface area contributed by atoms with Gasteiger partial charge in [-0.1, -0.05) is 49.1 Å². The van der Waals surface area contributed by atoms with E-state index in [9.17, 15) is 18.0 Å². The molecule has 36 heavy (non-hydrogen) atoms. The molecule has 0 heterocycles. The third-order valence-corrected chi connectivity index (χ3v) is 7.78. The molecule has 1 aliphatic rings. The maximum Gasteiger partial charge on any atom is 0.244 e. The van der Waals surface area contributed by atoms with E-state index < -0.39 is 28.5 Å². The van der Waals surface area contributed by atoms with Crippen LogP contribution in [0, 0.1) is 0 Å². The molecule has 10 heteroatoms. The van der Waals surface area contributed by atoms with Crippen LogP contribution in [0.15, 0.2) is 48.5 Å². The number of anilines is 1. The van der Waals surface area contributed by atoms with Gasteiger partial charge in [0.15, 0.2) is 0 Å². The van der Waals surface area contributed by atoms with Gasteiger partial charge in [-0.05, 0) is 55.7 Å². The first-order chi connectivity index (χ1) is 17.1. The van der Waals surface area contributed by atoms with Crippen molar-refractivity contribution in [2.45, 2.75) is 57.7 Å². The van der Waals surface area contributed by atoms with Crippen LogP contribution in [-0.4, -0.2) is 57.1 Å². The van der Waals surface area contributed by atoms with E-state index in [0.717, 1.165) is 48.2 Å². The lowest BCUT2D eigenvalue weighted by Crippen LogP contribution is -2.52. The number of nitrogens with one attached hydrogen (secondary N) is 1. The molecule has 1 atom stereocenters. The second-order valence-electron chi connectivity index (χ2n) is 9.14. The number of amides is 2. The number of carbonyl (C=O) groups excluding carboxylic acids is 2. The Morgan fingerprint density at radius 2 is 1.78 bits per heavy atom. The lowest BCUT2D eigenvalue weighted by molar-refractivity contribution is -0.139. The lowest BCUT2D eigenvalue weighted by atomic mass is 9.95. The summed E-state index contributed by atoms with van der Waals surface area (Å²) < 4.78 is 31.5. The smallest absolute Gasteiger partial charge is 0.244 e. The maximum atomic E-state index is 13.6. The van der Waals surface area contributed by atoms with Crippen LogP contribution in [0.4, 0.5) is 5.69 Å². The molecule has 3 rings (SSSR count). The summed E-state index contributed by atoms with van der Waals surface area (Å²) in [6.07, 6.45) is 6.17. The van der Waals surface area contributed by atoms with Crippen molar-refractivity contribution in [2.24, 2.45) is 0 Å². The number of nitrogens with zero attached hydrogens (tertiary/aromatic N) is 2. The molecular weight excluding hydrogens is 502 g/mol. The van der Waals surface area contributed by atoms with Crippen LogP contribution in [0.5, 0.6) is 5.75 Å². The number of carbonyl (C=O) groups is 2. The van der Waals surface area contributed by atoms with Gasteiger partial charge in [-0.2, -0.15) is 0 Å². The van der Waals surface area contributed by atoms with Crippen molar-refractivity contribution in [3.63, 3.8) is 0 Å². The van der Waals surface area contributed by atoms with E-state index in [1.54, 1.807) is 44.4 Å². The molecule has 0 aromatic heterocycles. The molecule has 1 fully saturated rings. The quantitative estimate of drug-likeness (QED) is 0.496. The minimum absolute atomic E-state index is 0.0885. The first kappa shape index (κ1) is 27.8. The fraction of sp³-hybridized carbons (Fsp3) is 0.462. The zero-order valence-electron chi connectivity index (χ0n) is 20.9. The number of hydrogen-bond donors (Lipinski definition) is 1. The van der Waals surface area contributed by atoms with Crippen molar-refractivity contribution in [1.29, 1.82) is 0 Å². The number of halogens is 1. The van der Waals surface area contributed by atoms with Gasteiger partial charge in [0, 0.05) is 17.6 Å². The topological polar surface area (TPSA) is 96.0 Å². The Morgan fingerprint density at radius 1 is 1.11 bits per heavy atom. The second kappa shape index (κ2) is 12.5. The Morgan fingerprint density at radius 3 is 2.36 bits per heavy atom. The van der Waals surface area contributed by atoms with Gasteiger partial charge in [-0.3, -0.25) is 13.9 Å². The fourth-order valence-electron chi connectivity index (χ4n) is 4.32. The number of hydrogen-bond acceptors (Lipinski definition) is 5. The average Bonchev–Trinajstić information content (AvgIpc) is 2.85. The van der Waals surface area contributed by atoms with Crippen LogP contribution in [0.2, 0.25) is 5.02 Å². The molecule has 1 N–H and O–H groups in total. The number of ether oxygens (including phenoxy) is 1. The average molecular weight is 536 g/mol. The van der Waals surface area contributed by atoms with Gasteiger partial charge in [0.1, 0.15) is 18.3 Å². The number of rotatable bonds is 10. The molecule has 8 nitrogen and oxygen atoms in total. The standard InChI is InChI=1S/C26H34ClN3O5S/c1-19(26(32)28-22-9-5-4-6-10-22)29(17-20-12-14-24(35-2)15-13-20)25(31)18-30(36(3,33)34)23-11-7-8-21(27)16-23/h7-8,11-16,19,22H,4-6,9-10,17-18H2,1-3H3,(H,28,32)/t19-/m0/s1. The molecule has 2 aromatic rings. The molecule has 2 aromatic carbocycles. The summed E-state index contributed by atoms with van der Waals surface area (Å²) in [5.41, 5.74) is 1.07. The molecule has 196 valence electrons. The normalized spacial score (nSPS) is 15.1. The summed E-state index contributed by atoms with van der Waals surface area (Å²) in [6.45, 7) is 1.34. The van der Waals surface area contributed by atoms with Crippen LogP contribution >= 0.6 is 11.6 Å². The van der Waals surface area contributed by atoms with Crippen molar-refractivity contribution >= 4 is 39.1 Å². The SMILES string of the molecule is COc1ccc(CN(C(=O)CN(c2cccc(Cl)c2)S(C)(=O)=O)[C@@H](C)C(=O)NC2CCCCC2)cc1. The van der Waals surface area contributed by atoms with E-state index >= 15 is 0 Å². The van der Waals surface area contributed by atoms with Crippen LogP contribution < -0.4 is 14.4 Å². The molecule has 1 aliphatic carbocycles. The predicted octanol–water partition coefficient (Wildman–Crippen LogP) is 3.98. The third kappa shape index (κ3) is 7.61. The lowest BCUT2D eigenvalue weighted by Gasteiger charge is -2.33. The summed E-state index contributed by atoms with van der Waals surface area (Å²) in [6, 6.07) is 12.8. The Balaban J connectivity index is 1.86. The van der Waals surface area contributed by atoms with E-state index in [-0.39, 0.29) is 24.2 Å². The third-order valence-electron chi connectivity index (χ3n) is 6.41. The first-order valence-corrected chi connectivity index (χ1v) is 14.3. The molecule has 0 spiro atoms. The largest absolute Gasteiger partial charge is 0.497 e. The van der Waals surface area contributed by atoms with Gasteiger partial charge in [-0.25, -0.2) is 8.42 Å². The number of benzene rings is 2. The van der Waals surface area contributed by atoms with E-state index in [0.29, 0.717) is 10.8 Å². The molecule has 0 aliphatic heterocycles. The van der Waals surface area contributed by atoms with E-state index in [1.807, 2.05) is 12.1 Å². The van der Waals surface area contributed by atoms with Crippen LogP contribution in [-0.2, 0) is 26.2 Å². The van der Waals surface area contributed by atoms with Crippen molar-refractivity contribution in [1.82, 2.24) is 10.2 Å². The Hall–Kier alpha value is -2.78. The van der Waals surface area contributed by atoms with Gasteiger partial charge < -0.3 is 15.0 Å². The van der Waals surface area contributed by atoms with Crippen LogP contribution in [0.25, 0.3) is 0 Å². The van der Waals surface area contributed by atoms with E-state index in [2.05, 4.69) is 5.32 Å². The van der Waals surface area contributed by atoms with Crippen molar-refractivity contribution < 1.29 is 22.7 Å². The molecular formula is C26H34ClN3O5S. The van der Waals surface area contributed by atoms with E-state index in [1.165, 1.54) is 11.0 Å². The van der Waals surface area contributed by atoms with Crippen molar-refractivity contribution in [3.05, 3.63) is 59.1 Å². The van der Waals surface area contributed by atoms with Gasteiger partial charge in [0.05, 0.1) is 19.1 Å². The van der Waals surface area contributed by atoms with E-state index in [4.69, 9.17) is 16.3 Å². The highest BCUT2D eigenvalue weighted by atomic mass is 35.5. The minimum Gasteiger partial charge on any atom is -0.497 e. The maximum absolute atomic E-state index is 13.6. The highest BCUT2D eigenvalue weighted by Crippen LogP contribution is 2.23. The highest BCUT2D eigenvalue weighted by molar-refractivity contribution is 7.92. The Labute approximate surface area is 218 Å². The highest BCUT2D eigenvalue weighted by Gasteiger charge is 2.31. The van der Waals surface area contributed by atoms with Crippen molar-refractivity contribution in [2.75, 3.05) is 24.2 Å². The van der Waals surface area contributed by atoms with Gasteiger partial charge in [-0.15, -0.1) is 0 Å². The Bertz CT molecular complexity index is 1150. The summed E-state index contributed by atoms with van der Waals surface area (Å²) in [4.78, 5) is 28.2. The van der Waals surface area contributed by atoms with Crippen LogP contribution in [0.1, 0.15) is 44.6 Å². The summed E-state index contributed by atoms with van der Waals surface area (Å²) >= 11 is 6.07. The molecule has 2 amide bonds. The summed E-state index contributed by atoms with van der Waals surface area (Å²) in [7, 11) is -2.24. The first-order valence-electron chi connectivity index (χ1n) is 12.0. The molecule has 1 saturated carbocycles. The number of methoxy groups -OCH3 is 1. The number of sulfonamides is 1. The molecule has 0 unspecified atom stereocenters. The zero-order chi connectivity index (χ0) is 26.3. The minimum atomic E-state index is -3.80. The zero-order valence-corrected chi connectivity index (χ0v) is 22.5. The van der Waals surface area contributed by atoms with Gasteiger partial charge in [0.25, 0.3) is 0 Å². The monoisotopic (exact) mass is 535 g/mol. The molecule has 0 saturated heterocycles. The predicted molar refractivity (Wildman–Crippen MR) is 142 cm³/mol. The summed E-state index contributed by atoms with van der Waals surface area (Å²) in [5.74, 6) is -0.0798. The molecule has 0 radical (unpaired) electrons. The Kier molecular flexibility index (Phi) is 9.62. The van der Waals surface area contributed by atoms with Gasteiger partial charge in [0.2, 0.25) is 21.8 Å². The van der Waals surface area contributed by atoms with Gasteiger partial charge >= 0.3 is 0 Å². The van der Waals surface area contributed by atoms with Crippen molar-refractivity contribution in [3.8, 4) is 5.75 Å². The fourth-order valence-corrected chi connectivity index (χ4v) is 5.35.